The number of carbonyl (C=O) groups is 3. The van der Waals surface area contributed by atoms with Crippen molar-refractivity contribution in [3.63, 3.8) is 0 Å². The molecule has 1 aromatic carbocycles. The molecule has 1 aromatic heterocycles. The molecule has 0 bridgehead atoms. The molecule has 8 heteroatoms. The topological polar surface area (TPSA) is 109 Å². The Balaban J connectivity index is 1.89. The van der Waals surface area contributed by atoms with Gasteiger partial charge in [-0.1, -0.05) is 6.07 Å². The number of anilines is 2. The molecule has 26 heavy (non-hydrogen) atoms. The molecule has 0 aliphatic carbocycles. The van der Waals surface area contributed by atoms with E-state index in [-0.39, 0.29) is 11.5 Å². The first-order valence-electron chi connectivity index (χ1n) is 8.02. The van der Waals surface area contributed by atoms with Gasteiger partial charge in [-0.2, -0.15) is 0 Å². The number of hydrogen-bond donors (Lipinski definition) is 3. The Hall–Kier alpha value is -3.42. The minimum Gasteiger partial charge on any atom is -0.452 e. The fourth-order valence-corrected chi connectivity index (χ4v) is 2.07. The molecule has 0 fully saturated rings. The number of hydrogen-bond acceptors (Lipinski definition) is 6. The van der Waals surface area contributed by atoms with Gasteiger partial charge in [-0.3, -0.25) is 9.59 Å². The summed E-state index contributed by atoms with van der Waals surface area (Å²) in [6.07, 6.45) is 1.36. The number of aromatic nitrogens is 1. The fraction of sp³-hybridized carbons (Fsp3) is 0.222. The van der Waals surface area contributed by atoms with Crippen LogP contribution in [0.25, 0.3) is 0 Å². The Morgan fingerprint density at radius 1 is 1.12 bits per heavy atom. The average Bonchev–Trinajstić information content (AvgIpc) is 2.66. The highest BCUT2D eigenvalue weighted by molar-refractivity contribution is 5.98. The molecular weight excluding hydrogens is 336 g/mol. The van der Waals surface area contributed by atoms with Gasteiger partial charge < -0.3 is 20.7 Å². The van der Waals surface area contributed by atoms with Crippen LogP contribution in [0.5, 0.6) is 0 Å². The van der Waals surface area contributed by atoms with Crippen LogP contribution in [0, 0.1) is 0 Å². The maximum atomic E-state index is 11.9. The quantitative estimate of drug-likeness (QED) is 0.651. The lowest BCUT2D eigenvalue weighted by Crippen LogP contribution is -2.23. The van der Waals surface area contributed by atoms with Gasteiger partial charge in [0.25, 0.3) is 11.8 Å². The van der Waals surface area contributed by atoms with Crippen molar-refractivity contribution in [1.29, 1.82) is 0 Å². The maximum absolute atomic E-state index is 11.9. The summed E-state index contributed by atoms with van der Waals surface area (Å²) in [5.41, 5.74) is 1.11. The van der Waals surface area contributed by atoms with Crippen LogP contribution in [0.1, 0.15) is 27.6 Å². The van der Waals surface area contributed by atoms with Crippen molar-refractivity contribution >= 4 is 29.3 Å². The molecule has 1 heterocycles. The first kappa shape index (κ1) is 18.9. The van der Waals surface area contributed by atoms with Crippen LogP contribution in [0.3, 0.4) is 0 Å². The zero-order valence-corrected chi connectivity index (χ0v) is 14.5. The van der Waals surface area contributed by atoms with E-state index in [4.69, 9.17) is 4.74 Å². The van der Waals surface area contributed by atoms with Crippen LogP contribution in [0.15, 0.2) is 42.6 Å². The molecule has 3 N–H and O–H groups in total. The van der Waals surface area contributed by atoms with Crippen molar-refractivity contribution in [2.75, 3.05) is 30.8 Å². The highest BCUT2D eigenvalue weighted by atomic mass is 16.5. The molecular formula is C18H20N4O4. The number of benzene rings is 1. The van der Waals surface area contributed by atoms with Crippen LogP contribution in [-0.2, 0) is 9.53 Å². The molecule has 2 rings (SSSR count). The summed E-state index contributed by atoms with van der Waals surface area (Å²) in [5, 5.41) is 8.10. The lowest BCUT2D eigenvalue weighted by Gasteiger charge is -2.08. The summed E-state index contributed by atoms with van der Waals surface area (Å²) in [6, 6.07) is 9.66. The first-order valence-corrected chi connectivity index (χ1v) is 8.02. The van der Waals surface area contributed by atoms with E-state index in [1.807, 2.05) is 6.92 Å². The summed E-state index contributed by atoms with van der Waals surface area (Å²) in [5.74, 6) is -0.767. The molecule has 0 atom stereocenters. The predicted octanol–water partition coefficient (Wildman–Crippen LogP) is 1.67. The Labute approximate surface area is 151 Å². The Morgan fingerprint density at radius 3 is 2.58 bits per heavy atom. The Morgan fingerprint density at radius 2 is 1.92 bits per heavy atom. The molecule has 136 valence electrons. The second-order valence-electron chi connectivity index (χ2n) is 5.25. The molecule has 8 nitrogen and oxygen atoms in total. The molecule has 2 amide bonds. The number of carbonyl (C=O) groups excluding carboxylic acids is 3. The number of rotatable bonds is 7. The molecule has 0 spiro atoms. The standard InChI is InChI=1S/C18H20N4O4/c1-3-20-17(24)12-5-4-6-14(9-12)22-16(23)11-26-18(25)13-7-8-15(19-2)21-10-13/h4-10H,3,11H2,1-2H3,(H,19,21)(H,20,24)(H,22,23). The second-order valence-corrected chi connectivity index (χ2v) is 5.25. The van der Waals surface area contributed by atoms with E-state index in [0.717, 1.165) is 0 Å². The minimum atomic E-state index is -0.647. The predicted molar refractivity (Wildman–Crippen MR) is 97.1 cm³/mol. The molecule has 0 radical (unpaired) electrons. The highest BCUT2D eigenvalue weighted by Crippen LogP contribution is 2.11. The van der Waals surface area contributed by atoms with Gasteiger partial charge in [-0.05, 0) is 37.3 Å². The van der Waals surface area contributed by atoms with Crippen LogP contribution >= 0.6 is 0 Å². The van der Waals surface area contributed by atoms with Crippen molar-refractivity contribution in [3.8, 4) is 0 Å². The molecule has 0 saturated carbocycles. The Kier molecular flexibility index (Phi) is 6.67. The van der Waals surface area contributed by atoms with E-state index in [1.165, 1.54) is 6.20 Å². The minimum absolute atomic E-state index is 0.229. The number of nitrogens with one attached hydrogen (secondary N) is 3. The average molecular weight is 356 g/mol. The van der Waals surface area contributed by atoms with Crippen LogP contribution in [-0.4, -0.2) is 43.0 Å². The van der Waals surface area contributed by atoms with Crippen molar-refractivity contribution in [3.05, 3.63) is 53.7 Å². The monoisotopic (exact) mass is 356 g/mol. The Bertz CT molecular complexity index is 790. The number of nitrogens with zero attached hydrogens (tertiary/aromatic N) is 1. The van der Waals surface area contributed by atoms with E-state index < -0.39 is 18.5 Å². The van der Waals surface area contributed by atoms with E-state index in [2.05, 4.69) is 20.9 Å². The first-order chi connectivity index (χ1) is 12.5. The molecule has 0 unspecified atom stereocenters. The zero-order valence-electron chi connectivity index (χ0n) is 14.5. The summed E-state index contributed by atoms with van der Waals surface area (Å²) in [6.45, 7) is 1.88. The van der Waals surface area contributed by atoms with Crippen molar-refractivity contribution in [2.45, 2.75) is 6.92 Å². The lowest BCUT2D eigenvalue weighted by atomic mass is 10.2. The van der Waals surface area contributed by atoms with Gasteiger partial charge in [0.2, 0.25) is 0 Å². The smallest absolute Gasteiger partial charge is 0.340 e. The van der Waals surface area contributed by atoms with Crippen molar-refractivity contribution < 1.29 is 19.1 Å². The number of ether oxygens (including phenoxy) is 1. The van der Waals surface area contributed by atoms with Gasteiger partial charge in [0.05, 0.1) is 5.56 Å². The van der Waals surface area contributed by atoms with Gasteiger partial charge in [0.15, 0.2) is 6.61 Å². The molecule has 0 aliphatic heterocycles. The van der Waals surface area contributed by atoms with Crippen LogP contribution < -0.4 is 16.0 Å². The molecule has 2 aromatic rings. The normalized spacial score (nSPS) is 9.92. The largest absolute Gasteiger partial charge is 0.452 e. The SMILES string of the molecule is CCNC(=O)c1cccc(NC(=O)COC(=O)c2ccc(NC)nc2)c1. The summed E-state index contributed by atoms with van der Waals surface area (Å²) in [4.78, 5) is 39.6. The summed E-state index contributed by atoms with van der Waals surface area (Å²) in [7, 11) is 1.71. The van der Waals surface area contributed by atoms with E-state index >= 15 is 0 Å². The number of esters is 1. The van der Waals surface area contributed by atoms with Gasteiger partial charge in [-0.25, -0.2) is 9.78 Å². The highest BCUT2D eigenvalue weighted by Gasteiger charge is 2.12. The fourth-order valence-electron chi connectivity index (χ4n) is 2.07. The van der Waals surface area contributed by atoms with E-state index in [1.54, 1.807) is 43.4 Å². The van der Waals surface area contributed by atoms with Crippen LogP contribution in [0.4, 0.5) is 11.5 Å². The van der Waals surface area contributed by atoms with Crippen LogP contribution in [0.2, 0.25) is 0 Å². The zero-order chi connectivity index (χ0) is 18.9. The third kappa shape index (κ3) is 5.30. The third-order valence-corrected chi connectivity index (χ3v) is 3.34. The summed E-state index contributed by atoms with van der Waals surface area (Å²) >= 11 is 0. The second kappa shape index (κ2) is 9.16. The lowest BCUT2D eigenvalue weighted by molar-refractivity contribution is -0.119. The van der Waals surface area contributed by atoms with E-state index in [9.17, 15) is 14.4 Å². The number of pyridine rings is 1. The van der Waals surface area contributed by atoms with Gasteiger partial charge in [-0.15, -0.1) is 0 Å². The van der Waals surface area contributed by atoms with Crippen molar-refractivity contribution in [2.24, 2.45) is 0 Å². The van der Waals surface area contributed by atoms with Gasteiger partial charge in [0.1, 0.15) is 5.82 Å². The van der Waals surface area contributed by atoms with Gasteiger partial charge in [0, 0.05) is 31.0 Å². The number of amides is 2. The van der Waals surface area contributed by atoms with E-state index in [0.29, 0.717) is 23.6 Å². The van der Waals surface area contributed by atoms with Crippen molar-refractivity contribution in [1.82, 2.24) is 10.3 Å². The molecule has 0 saturated heterocycles. The van der Waals surface area contributed by atoms with Gasteiger partial charge >= 0.3 is 5.97 Å². The third-order valence-electron chi connectivity index (χ3n) is 3.34. The summed E-state index contributed by atoms with van der Waals surface area (Å²) < 4.78 is 4.96. The maximum Gasteiger partial charge on any atom is 0.340 e. The molecule has 0 aliphatic rings.